The first-order valence-electron chi connectivity index (χ1n) is 7.69. The summed E-state index contributed by atoms with van der Waals surface area (Å²) in [6.45, 7) is 0.312. The number of hydrogen-bond acceptors (Lipinski definition) is 4. The van der Waals surface area contributed by atoms with Crippen LogP contribution in [0.1, 0.15) is 5.69 Å². The fourth-order valence-electron chi connectivity index (χ4n) is 2.83. The second-order valence-corrected chi connectivity index (χ2v) is 5.71. The van der Waals surface area contributed by atoms with Crippen LogP contribution in [0.25, 0.3) is 22.3 Å². The number of imidazole rings is 1. The highest BCUT2D eigenvalue weighted by atomic mass is 19.1. The van der Waals surface area contributed by atoms with E-state index in [-0.39, 0.29) is 11.5 Å². The molecule has 0 fully saturated rings. The van der Waals surface area contributed by atoms with Crippen molar-refractivity contribution >= 4 is 11.2 Å². The monoisotopic (exact) mass is 335 g/mol. The Hall–Kier alpha value is -3.35. The summed E-state index contributed by atoms with van der Waals surface area (Å²) >= 11 is 0. The van der Waals surface area contributed by atoms with Gasteiger partial charge in [-0.05, 0) is 29.8 Å². The van der Waals surface area contributed by atoms with Crippen molar-refractivity contribution in [2.45, 2.75) is 6.54 Å². The zero-order chi connectivity index (χ0) is 17.4. The SMILES string of the molecule is Cn1c(=O)n(Cc2ccncn2)c2cc(-c3cccc(F)c3)cnc21. The Morgan fingerprint density at radius 1 is 1.12 bits per heavy atom. The van der Waals surface area contributed by atoms with Crippen molar-refractivity contribution in [3.05, 3.63) is 77.1 Å². The number of halogens is 1. The first-order valence-corrected chi connectivity index (χ1v) is 7.69. The fourth-order valence-corrected chi connectivity index (χ4v) is 2.83. The molecule has 6 nitrogen and oxygen atoms in total. The van der Waals surface area contributed by atoms with E-state index < -0.39 is 0 Å². The van der Waals surface area contributed by atoms with Crippen LogP contribution in [0.2, 0.25) is 0 Å². The van der Waals surface area contributed by atoms with E-state index in [1.54, 1.807) is 36.1 Å². The molecule has 7 heteroatoms. The van der Waals surface area contributed by atoms with Gasteiger partial charge in [-0.15, -0.1) is 0 Å². The standard InChI is InChI=1S/C18H14FN5O/c1-23-17-16(24(18(23)25)10-15-5-6-20-11-22-15)8-13(9-21-17)12-3-2-4-14(19)7-12/h2-9,11H,10H2,1H3. The molecule has 4 rings (SSSR count). The van der Waals surface area contributed by atoms with Gasteiger partial charge in [0.25, 0.3) is 0 Å². The van der Waals surface area contributed by atoms with Gasteiger partial charge in [-0.1, -0.05) is 12.1 Å². The van der Waals surface area contributed by atoms with E-state index in [0.717, 1.165) is 11.3 Å². The molecule has 4 aromatic rings. The summed E-state index contributed by atoms with van der Waals surface area (Å²) in [7, 11) is 1.68. The fraction of sp³-hybridized carbons (Fsp3) is 0.111. The maximum absolute atomic E-state index is 13.5. The Morgan fingerprint density at radius 3 is 2.76 bits per heavy atom. The molecule has 25 heavy (non-hydrogen) atoms. The van der Waals surface area contributed by atoms with Crippen molar-refractivity contribution in [2.24, 2.45) is 7.05 Å². The average Bonchev–Trinajstić information content (AvgIpc) is 2.87. The van der Waals surface area contributed by atoms with E-state index >= 15 is 0 Å². The number of hydrogen-bond donors (Lipinski definition) is 0. The van der Waals surface area contributed by atoms with Gasteiger partial charge in [-0.3, -0.25) is 9.13 Å². The van der Waals surface area contributed by atoms with E-state index in [1.165, 1.54) is 23.0 Å². The highest BCUT2D eigenvalue weighted by Crippen LogP contribution is 2.23. The Labute approximate surface area is 142 Å². The molecule has 0 N–H and O–H groups in total. The van der Waals surface area contributed by atoms with Gasteiger partial charge in [0, 0.05) is 25.0 Å². The highest BCUT2D eigenvalue weighted by Gasteiger charge is 2.14. The summed E-state index contributed by atoms with van der Waals surface area (Å²) in [4.78, 5) is 25.0. The van der Waals surface area contributed by atoms with Crippen molar-refractivity contribution in [3.63, 3.8) is 0 Å². The molecule has 1 aromatic carbocycles. The summed E-state index contributed by atoms with van der Waals surface area (Å²) in [5.41, 5.74) is 3.23. The zero-order valence-corrected chi connectivity index (χ0v) is 13.4. The number of aromatic nitrogens is 5. The molecule has 0 atom stereocenters. The summed E-state index contributed by atoms with van der Waals surface area (Å²) in [5, 5.41) is 0. The molecule has 0 spiro atoms. The van der Waals surface area contributed by atoms with Gasteiger partial charge < -0.3 is 0 Å². The second kappa shape index (κ2) is 5.94. The predicted octanol–water partition coefficient (Wildman–Crippen LogP) is 2.38. The van der Waals surface area contributed by atoms with Crippen LogP contribution in [0.5, 0.6) is 0 Å². The molecule has 0 aliphatic heterocycles. The van der Waals surface area contributed by atoms with Gasteiger partial charge in [0.2, 0.25) is 0 Å². The van der Waals surface area contributed by atoms with Gasteiger partial charge >= 0.3 is 5.69 Å². The Balaban J connectivity index is 1.89. The lowest BCUT2D eigenvalue weighted by Crippen LogP contribution is -2.23. The minimum absolute atomic E-state index is 0.183. The van der Waals surface area contributed by atoms with Crippen LogP contribution in [-0.4, -0.2) is 24.1 Å². The summed E-state index contributed by atoms with van der Waals surface area (Å²) < 4.78 is 16.6. The number of pyridine rings is 1. The quantitative estimate of drug-likeness (QED) is 0.576. The first-order chi connectivity index (χ1) is 12.1. The number of benzene rings is 1. The van der Waals surface area contributed by atoms with Crippen molar-refractivity contribution in [3.8, 4) is 11.1 Å². The predicted molar refractivity (Wildman–Crippen MR) is 91.5 cm³/mol. The zero-order valence-electron chi connectivity index (χ0n) is 13.4. The van der Waals surface area contributed by atoms with Crippen molar-refractivity contribution in [1.82, 2.24) is 24.1 Å². The van der Waals surface area contributed by atoms with Crippen molar-refractivity contribution < 1.29 is 4.39 Å². The molecular formula is C18H14FN5O. The normalized spacial score (nSPS) is 11.1. The third-order valence-corrected chi connectivity index (χ3v) is 4.09. The van der Waals surface area contributed by atoms with Gasteiger partial charge in [0.05, 0.1) is 17.8 Å². The topological polar surface area (TPSA) is 65.6 Å². The van der Waals surface area contributed by atoms with E-state index in [2.05, 4.69) is 15.0 Å². The first kappa shape index (κ1) is 15.2. The number of fused-ring (bicyclic) bond motifs is 1. The van der Waals surface area contributed by atoms with E-state index in [4.69, 9.17) is 0 Å². The van der Waals surface area contributed by atoms with Crippen LogP contribution >= 0.6 is 0 Å². The molecule has 124 valence electrons. The molecule has 3 aromatic heterocycles. The van der Waals surface area contributed by atoms with Crippen LogP contribution < -0.4 is 5.69 Å². The van der Waals surface area contributed by atoms with E-state index in [1.807, 2.05) is 12.1 Å². The second-order valence-electron chi connectivity index (χ2n) is 5.71. The lowest BCUT2D eigenvalue weighted by molar-refractivity contribution is 0.628. The number of aryl methyl sites for hydroxylation is 1. The van der Waals surface area contributed by atoms with Crippen LogP contribution in [0.15, 0.2) is 59.9 Å². The number of nitrogens with zero attached hydrogens (tertiary/aromatic N) is 5. The van der Waals surface area contributed by atoms with Gasteiger partial charge in [-0.2, -0.15) is 0 Å². The molecule has 0 aliphatic rings. The minimum atomic E-state index is -0.316. The maximum atomic E-state index is 13.5. The van der Waals surface area contributed by atoms with Crippen molar-refractivity contribution in [2.75, 3.05) is 0 Å². The lowest BCUT2D eigenvalue weighted by atomic mass is 10.1. The third-order valence-electron chi connectivity index (χ3n) is 4.09. The Kier molecular flexibility index (Phi) is 3.61. The summed E-state index contributed by atoms with van der Waals surface area (Å²) in [6, 6.07) is 9.89. The lowest BCUT2D eigenvalue weighted by Gasteiger charge is -2.05. The molecule has 0 radical (unpaired) electrons. The highest BCUT2D eigenvalue weighted by molar-refractivity contribution is 5.78. The molecule has 0 aliphatic carbocycles. The largest absolute Gasteiger partial charge is 0.330 e. The molecular weight excluding hydrogens is 321 g/mol. The minimum Gasteiger partial charge on any atom is -0.284 e. The van der Waals surface area contributed by atoms with Crippen molar-refractivity contribution in [1.29, 1.82) is 0 Å². The van der Waals surface area contributed by atoms with Crippen LogP contribution in [0.4, 0.5) is 4.39 Å². The molecule has 0 saturated carbocycles. The molecule has 0 unspecified atom stereocenters. The molecule has 3 heterocycles. The van der Waals surface area contributed by atoms with Crippen LogP contribution in [0.3, 0.4) is 0 Å². The maximum Gasteiger partial charge on any atom is 0.330 e. The smallest absolute Gasteiger partial charge is 0.284 e. The number of rotatable bonds is 3. The van der Waals surface area contributed by atoms with Crippen LogP contribution in [-0.2, 0) is 13.6 Å². The Bertz CT molecular complexity index is 1120. The van der Waals surface area contributed by atoms with Gasteiger partial charge in [0.1, 0.15) is 12.1 Å². The van der Waals surface area contributed by atoms with Gasteiger partial charge in [-0.25, -0.2) is 24.1 Å². The Morgan fingerprint density at radius 2 is 2.00 bits per heavy atom. The molecule has 0 saturated heterocycles. The third kappa shape index (κ3) is 2.69. The summed E-state index contributed by atoms with van der Waals surface area (Å²) in [5.74, 6) is -0.316. The van der Waals surface area contributed by atoms with E-state index in [9.17, 15) is 9.18 Å². The molecule has 0 amide bonds. The van der Waals surface area contributed by atoms with Crippen LogP contribution in [0, 0.1) is 5.82 Å². The molecule has 0 bridgehead atoms. The van der Waals surface area contributed by atoms with Gasteiger partial charge in [0.15, 0.2) is 5.65 Å². The van der Waals surface area contributed by atoms with E-state index in [0.29, 0.717) is 23.3 Å². The average molecular weight is 335 g/mol. The summed E-state index contributed by atoms with van der Waals surface area (Å²) in [6.07, 6.45) is 4.72.